The van der Waals surface area contributed by atoms with Crippen LogP contribution in [-0.4, -0.2) is 52.8 Å². The lowest BCUT2D eigenvalue weighted by Crippen LogP contribution is -2.41. The van der Waals surface area contributed by atoms with E-state index in [0.29, 0.717) is 71.2 Å². The van der Waals surface area contributed by atoms with Crippen molar-refractivity contribution in [2.24, 2.45) is 0 Å². The van der Waals surface area contributed by atoms with E-state index < -0.39 is 0 Å². The Hall–Kier alpha value is -3.33. The van der Waals surface area contributed by atoms with E-state index in [0.717, 1.165) is 24.2 Å². The minimum absolute atomic E-state index is 0.0974. The van der Waals surface area contributed by atoms with E-state index in [2.05, 4.69) is 17.9 Å². The van der Waals surface area contributed by atoms with Crippen LogP contribution in [0, 0.1) is 18.3 Å². The highest BCUT2D eigenvalue weighted by molar-refractivity contribution is 8.26. The SMILES string of the molecule is CCCCn1c(N2CCOCC2)c(C=C2SC(=S)N(Cc3ccc4c(c3)OCO4)C2=O)c(C)c(C#N)c1=O. The van der Waals surface area contributed by atoms with Gasteiger partial charge in [-0.15, -0.1) is 0 Å². The molecule has 0 saturated carbocycles. The molecule has 2 fully saturated rings. The summed E-state index contributed by atoms with van der Waals surface area (Å²) in [6, 6.07) is 7.67. The summed E-state index contributed by atoms with van der Waals surface area (Å²) in [5.74, 6) is 1.84. The molecule has 3 aliphatic rings. The lowest BCUT2D eigenvalue weighted by Gasteiger charge is -2.33. The van der Waals surface area contributed by atoms with Crippen molar-refractivity contribution < 1.29 is 19.0 Å². The second kappa shape index (κ2) is 11.2. The molecule has 3 aliphatic heterocycles. The first-order chi connectivity index (χ1) is 18.4. The number of carbonyl (C=O) groups is 1. The fourth-order valence-electron chi connectivity index (χ4n) is 4.77. The molecule has 0 atom stereocenters. The van der Waals surface area contributed by atoms with E-state index in [1.165, 1.54) is 11.8 Å². The number of thiocarbonyl (C=S) groups is 1. The number of nitrogens with zero attached hydrogens (tertiary/aromatic N) is 4. The molecule has 198 valence electrons. The zero-order chi connectivity index (χ0) is 26.8. The van der Waals surface area contributed by atoms with Gasteiger partial charge in [-0.25, -0.2) is 0 Å². The van der Waals surface area contributed by atoms with Gasteiger partial charge in [0.05, 0.1) is 24.7 Å². The largest absolute Gasteiger partial charge is 0.454 e. The number of rotatable bonds is 7. The van der Waals surface area contributed by atoms with Crippen LogP contribution in [0.15, 0.2) is 27.9 Å². The maximum Gasteiger partial charge on any atom is 0.270 e. The summed E-state index contributed by atoms with van der Waals surface area (Å²) in [7, 11) is 0. The Morgan fingerprint density at radius 3 is 2.68 bits per heavy atom. The predicted octanol–water partition coefficient (Wildman–Crippen LogP) is 3.80. The van der Waals surface area contributed by atoms with Gasteiger partial charge < -0.3 is 19.1 Å². The lowest BCUT2D eigenvalue weighted by molar-refractivity contribution is -0.122. The number of fused-ring (bicyclic) bond motifs is 1. The first kappa shape index (κ1) is 26.3. The number of carbonyl (C=O) groups excluding carboxylic acids is 1. The van der Waals surface area contributed by atoms with Crippen LogP contribution in [0.1, 0.15) is 42.0 Å². The number of aromatic nitrogens is 1. The van der Waals surface area contributed by atoms with Crippen molar-refractivity contribution in [1.29, 1.82) is 5.26 Å². The van der Waals surface area contributed by atoms with Crippen molar-refractivity contribution in [2.75, 3.05) is 38.0 Å². The molecule has 11 heteroatoms. The van der Waals surface area contributed by atoms with Crippen molar-refractivity contribution in [1.82, 2.24) is 9.47 Å². The molecule has 0 aliphatic carbocycles. The standard InChI is InChI=1S/C27H28N4O5S2/c1-3-4-7-30-24(29-8-10-34-11-9-29)19(17(2)20(14-28)25(30)32)13-23-26(33)31(27(37)38-23)15-18-5-6-21-22(12-18)36-16-35-21/h5-6,12-13H,3-4,7-11,15-16H2,1-2H3. The number of thioether (sulfide) groups is 1. The van der Waals surface area contributed by atoms with Crippen LogP contribution in [0.5, 0.6) is 11.5 Å². The van der Waals surface area contributed by atoms with Crippen molar-refractivity contribution in [2.45, 2.75) is 39.8 Å². The number of ether oxygens (including phenoxy) is 3. The summed E-state index contributed by atoms with van der Waals surface area (Å²) in [5.41, 5.74) is 1.93. The molecule has 0 N–H and O–H groups in total. The van der Waals surface area contributed by atoms with Crippen molar-refractivity contribution >= 4 is 46.1 Å². The monoisotopic (exact) mass is 552 g/mol. The van der Waals surface area contributed by atoms with Gasteiger partial charge in [0.25, 0.3) is 11.5 Å². The fourth-order valence-corrected chi connectivity index (χ4v) is 6.01. The average Bonchev–Trinajstić information content (AvgIpc) is 3.49. The lowest BCUT2D eigenvalue weighted by atomic mass is 10.0. The summed E-state index contributed by atoms with van der Waals surface area (Å²) in [5, 5.41) is 9.86. The topological polar surface area (TPSA) is 97.0 Å². The molecule has 0 spiro atoms. The van der Waals surface area contributed by atoms with E-state index in [1.807, 2.05) is 18.2 Å². The quantitative estimate of drug-likeness (QED) is 0.375. The van der Waals surface area contributed by atoms with Gasteiger partial charge in [-0.3, -0.25) is 19.1 Å². The van der Waals surface area contributed by atoms with Gasteiger partial charge in [-0.1, -0.05) is 43.4 Å². The third-order valence-corrected chi connectivity index (χ3v) is 8.20. The molecule has 2 saturated heterocycles. The number of anilines is 1. The van der Waals surface area contributed by atoms with Gasteiger partial charge in [0.1, 0.15) is 21.8 Å². The number of amides is 1. The second-order valence-corrected chi connectivity index (χ2v) is 10.9. The minimum Gasteiger partial charge on any atom is -0.454 e. The summed E-state index contributed by atoms with van der Waals surface area (Å²) < 4.78 is 18.5. The number of hydrogen-bond donors (Lipinski definition) is 0. The molecule has 2 aromatic rings. The third kappa shape index (κ3) is 4.91. The molecule has 0 bridgehead atoms. The van der Waals surface area contributed by atoms with E-state index in [-0.39, 0.29) is 23.8 Å². The number of hydrogen-bond acceptors (Lipinski definition) is 9. The minimum atomic E-state index is -0.299. The smallest absolute Gasteiger partial charge is 0.270 e. The highest BCUT2D eigenvalue weighted by Gasteiger charge is 2.34. The Bertz CT molecular complexity index is 1420. The molecule has 0 unspecified atom stereocenters. The van der Waals surface area contributed by atoms with Gasteiger partial charge in [0.15, 0.2) is 11.5 Å². The van der Waals surface area contributed by atoms with Crippen LogP contribution in [0.3, 0.4) is 0 Å². The Kier molecular flexibility index (Phi) is 7.74. The van der Waals surface area contributed by atoms with Crippen LogP contribution < -0.4 is 19.9 Å². The summed E-state index contributed by atoms with van der Waals surface area (Å²) in [4.78, 5) is 31.1. The molecule has 1 amide bonds. The Balaban J connectivity index is 1.55. The number of unbranched alkanes of at least 4 members (excludes halogenated alkanes) is 1. The Morgan fingerprint density at radius 2 is 1.95 bits per heavy atom. The average molecular weight is 553 g/mol. The van der Waals surface area contributed by atoms with Gasteiger partial charge in [-0.05, 0) is 42.7 Å². The van der Waals surface area contributed by atoms with Gasteiger partial charge >= 0.3 is 0 Å². The zero-order valence-corrected chi connectivity index (χ0v) is 23.0. The maximum atomic E-state index is 13.6. The molecule has 5 rings (SSSR count). The maximum absolute atomic E-state index is 13.6. The van der Waals surface area contributed by atoms with Gasteiger partial charge in [0, 0.05) is 25.2 Å². The van der Waals surface area contributed by atoms with Crippen LogP contribution >= 0.6 is 24.0 Å². The van der Waals surface area contributed by atoms with Crippen LogP contribution in [-0.2, 0) is 22.6 Å². The van der Waals surface area contributed by atoms with Crippen molar-refractivity contribution in [3.8, 4) is 17.6 Å². The highest BCUT2D eigenvalue weighted by atomic mass is 32.2. The third-order valence-electron chi connectivity index (χ3n) is 6.82. The zero-order valence-electron chi connectivity index (χ0n) is 21.3. The molecule has 1 aromatic carbocycles. The Morgan fingerprint density at radius 1 is 1.18 bits per heavy atom. The molecule has 9 nitrogen and oxygen atoms in total. The van der Waals surface area contributed by atoms with Crippen molar-refractivity contribution in [3.05, 3.63) is 55.7 Å². The fraction of sp³-hybridized carbons (Fsp3) is 0.407. The molecular formula is C27H28N4O5S2. The van der Waals surface area contributed by atoms with E-state index in [1.54, 1.807) is 22.5 Å². The van der Waals surface area contributed by atoms with Gasteiger partial charge in [-0.2, -0.15) is 5.26 Å². The first-order valence-corrected chi connectivity index (χ1v) is 13.8. The van der Waals surface area contributed by atoms with E-state index >= 15 is 0 Å². The number of nitriles is 1. The summed E-state index contributed by atoms with van der Waals surface area (Å²) in [6.07, 6.45) is 3.49. The number of pyridine rings is 1. The van der Waals surface area contributed by atoms with Crippen LogP contribution in [0.4, 0.5) is 5.82 Å². The van der Waals surface area contributed by atoms with E-state index in [9.17, 15) is 14.9 Å². The molecular weight excluding hydrogens is 524 g/mol. The van der Waals surface area contributed by atoms with Crippen LogP contribution in [0.25, 0.3) is 6.08 Å². The molecule has 1 aromatic heterocycles. The number of morpholine rings is 1. The predicted molar refractivity (Wildman–Crippen MR) is 149 cm³/mol. The normalized spacial score (nSPS) is 18.0. The highest BCUT2D eigenvalue weighted by Crippen LogP contribution is 2.38. The number of benzene rings is 1. The first-order valence-electron chi connectivity index (χ1n) is 12.6. The molecule has 4 heterocycles. The van der Waals surface area contributed by atoms with Gasteiger partial charge in [0.2, 0.25) is 6.79 Å². The molecule has 0 radical (unpaired) electrons. The van der Waals surface area contributed by atoms with E-state index in [4.69, 9.17) is 26.4 Å². The molecule has 38 heavy (non-hydrogen) atoms. The summed E-state index contributed by atoms with van der Waals surface area (Å²) in [6.45, 7) is 7.11. The van der Waals surface area contributed by atoms with Crippen LogP contribution in [0.2, 0.25) is 0 Å². The van der Waals surface area contributed by atoms with Crippen molar-refractivity contribution in [3.63, 3.8) is 0 Å². The Labute approximate surface area is 230 Å². The second-order valence-electron chi connectivity index (χ2n) is 9.21. The summed E-state index contributed by atoms with van der Waals surface area (Å²) >= 11 is 6.82.